The topological polar surface area (TPSA) is 22.8 Å². The third kappa shape index (κ3) is 2.93. The van der Waals surface area contributed by atoms with Crippen molar-refractivity contribution in [1.82, 2.24) is 14.3 Å². The molecule has 0 N–H and O–H groups in total. The third-order valence-corrected chi connectivity index (χ3v) is 6.25. The summed E-state index contributed by atoms with van der Waals surface area (Å²) >= 11 is 8.13. The molecule has 0 spiro atoms. The van der Waals surface area contributed by atoms with Crippen LogP contribution in [0.4, 0.5) is 0 Å². The highest BCUT2D eigenvalue weighted by atomic mass is 35.5. The van der Waals surface area contributed by atoms with Crippen LogP contribution in [0.2, 0.25) is 5.02 Å². The van der Waals surface area contributed by atoms with Crippen molar-refractivity contribution >= 4 is 34.3 Å². The van der Waals surface area contributed by atoms with Crippen LogP contribution in [0.5, 0.6) is 0 Å². The molecular weight excluding hydrogens is 362 g/mol. The van der Waals surface area contributed by atoms with Gasteiger partial charge in [-0.1, -0.05) is 47.6 Å². The van der Waals surface area contributed by atoms with Gasteiger partial charge in [0.1, 0.15) is 0 Å². The van der Waals surface area contributed by atoms with Crippen LogP contribution >= 0.6 is 23.4 Å². The number of aryl methyl sites for hydroxylation is 2. The number of hydrogen-bond acceptors (Lipinski definition) is 2. The van der Waals surface area contributed by atoms with Gasteiger partial charge in [0.25, 0.3) is 0 Å². The molecule has 0 radical (unpaired) electrons. The minimum absolute atomic E-state index is 0.742. The number of benzene rings is 2. The first-order valence-corrected chi connectivity index (χ1v) is 9.84. The molecule has 0 saturated carbocycles. The molecule has 0 aliphatic rings. The fourth-order valence-corrected chi connectivity index (χ4v) is 4.53. The normalized spacial score (nSPS) is 11.4. The van der Waals surface area contributed by atoms with Crippen LogP contribution in [-0.2, 0) is 6.54 Å². The number of nitrogens with zero attached hydrogens (tertiary/aromatic N) is 3. The van der Waals surface area contributed by atoms with Crippen molar-refractivity contribution < 1.29 is 0 Å². The van der Waals surface area contributed by atoms with E-state index in [1.165, 1.54) is 26.4 Å². The zero-order chi connectivity index (χ0) is 18.3. The van der Waals surface area contributed by atoms with Crippen molar-refractivity contribution in [3.63, 3.8) is 0 Å². The molecule has 0 amide bonds. The molecular formula is C21H20ClN3S. The van der Waals surface area contributed by atoms with Gasteiger partial charge in [-0.15, -0.1) is 0 Å². The van der Waals surface area contributed by atoms with Gasteiger partial charge in [-0.3, -0.25) is 4.68 Å². The van der Waals surface area contributed by atoms with Crippen LogP contribution in [0.3, 0.4) is 0 Å². The quantitative estimate of drug-likeness (QED) is 0.415. The van der Waals surface area contributed by atoms with Crippen LogP contribution in [0.1, 0.15) is 18.2 Å². The number of halogens is 1. The first-order valence-electron chi connectivity index (χ1n) is 8.65. The second kappa shape index (κ2) is 6.86. The Morgan fingerprint density at radius 1 is 1.12 bits per heavy atom. The molecule has 4 rings (SSSR count). The van der Waals surface area contributed by atoms with Gasteiger partial charge in [-0.05, 0) is 44.5 Å². The van der Waals surface area contributed by atoms with Gasteiger partial charge in [-0.2, -0.15) is 5.10 Å². The molecule has 0 bridgehead atoms. The van der Waals surface area contributed by atoms with E-state index in [0.717, 1.165) is 22.8 Å². The minimum atomic E-state index is 0.742. The highest BCUT2D eigenvalue weighted by molar-refractivity contribution is 7.99. The van der Waals surface area contributed by atoms with E-state index in [0.29, 0.717) is 0 Å². The Morgan fingerprint density at radius 2 is 1.92 bits per heavy atom. The summed E-state index contributed by atoms with van der Waals surface area (Å²) in [5, 5.41) is 6.40. The third-order valence-electron chi connectivity index (χ3n) is 4.62. The Morgan fingerprint density at radius 3 is 2.65 bits per heavy atom. The van der Waals surface area contributed by atoms with E-state index >= 15 is 0 Å². The Kier molecular flexibility index (Phi) is 4.55. The van der Waals surface area contributed by atoms with E-state index in [4.69, 9.17) is 11.6 Å². The summed E-state index contributed by atoms with van der Waals surface area (Å²) in [4.78, 5) is 2.53. The first-order chi connectivity index (χ1) is 12.6. The largest absolute Gasteiger partial charge is 0.310 e. The fraction of sp³-hybridized carbons (Fsp3) is 0.190. The van der Waals surface area contributed by atoms with Crippen molar-refractivity contribution in [3.05, 3.63) is 71.1 Å². The highest BCUT2D eigenvalue weighted by Crippen LogP contribution is 2.41. The van der Waals surface area contributed by atoms with Gasteiger partial charge in [0.05, 0.1) is 17.4 Å². The van der Waals surface area contributed by atoms with E-state index in [1.807, 2.05) is 34.8 Å². The molecule has 2 aromatic heterocycles. The van der Waals surface area contributed by atoms with Crippen LogP contribution < -0.4 is 0 Å². The molecule has 2 heterocycles. The molecule has 0 saturated heterocycles. The van der Waals surface area contributed by atoms with E-state index in [1.54, 1.807) is 0 Å². The summed E-state index contributed by atoms with van der Waals surface area (Å²) in [7, 11) is 0. The summed E-state index contributed by atoms with van der Waals surface area (Å²) in [5.74, 6) is 0. The standard InChI is InChI=1S/C21H20ClN3S/c1-4-24-13-17(12-23-24)25-15(3)21(18-10-9-16(22)11-19(18)25)26-20-8-6-5-7-14(20)2/h5-13H,4H2,1-3H3. The maximum atomic E-state index is 6.32. The Balaban J connectivity index is 1.94. The SMILES string of the molecule is CCn1cc(-n2c(C)c(Sc3ccccc3C)c3ccc(Cl)cc32)cn1. The van der Waals surface area contributed by atoms with Crippen LogP contribution in [0.15, 0.2) is 64.6 Å². The van der Waals surface area contributed by atoms with Gasteiger partial charge < -0.3 is 4.57 Å². The molecule has 3 nitrogen and oxygen atoms in total. The zero-order valence-corrected chi connectivity index (χ0v) is 16.6. The summed E-state index contributed by atoms with van der Waals surface area (Å²) in [6.07, 6.45) is 3.99. The summed E-state index contributed by atoms with van der Waals surface area (Å²) in [5.41, 5.74) is 4.66. The Bertz CT molecular complexity index is 1090. The van der Waals surface area contributed by atoms with Crippen molar-refractivity contribution in [2.45, 2.75) is 37.1 Å². The van der Waals surface area contributed by atoms with Gasteiger partial charge in [0.15, 0.2) is 0 Å². The lowest BCUT2D eigenvalue weighted by molar-refractivity contribution is 0.659. The van der Waals surface area contributed by atoms with Crippen molar-refractivity contribution in [2.75, 3.05) is 0 Å². The average Bonchev–Trinajstić information content (AvgIpc) is 3.19. The van der Waals surface area contributed by atoms with Gasteiger partial charge in [0.2, 0.25) is 0 Å². The zero-order valence-electron chi connectivity index (χ0n) is 15.0. The van der Waals surface area contributed by atoms with E-state index < -0.39 is 0 Å². The van der Waals surface area contributed by atoms with Crippen molar-refractivity contribution in [2.24, 2.45) is 0 Å². The van der Waals surface area contributed by atoms with Gasteiger partial charge in [0, 0.05) is 38.6 Å². The smallest absolute Gasteiger partial charge is 0.0840 e. The molecule has 26 heavy (non-hydrogen) atoms. The van der Waals surface area contributed by atoms with Gasteiger partial charge >= 0.3 is 0 Å². The lowest BCUT2D eigenvalue weighted by Gasteiger charge is -2.07. The predicted octanol–water partition coefficient (Wildman–Crippen LogP) is 6.27. The van der Waals surface area contributed by atoms with E-state index in [2.05, 4.69) is 67.0 Å². The van der Waals surface area contributed by atoms with Crippen molar-refractivity contribution in [1.29, 1.82) is 0 Å². The molecule has 0 unspecified atom stereocenters. The summed E-state index contributed by atoms with van der Waals surface area (Å²) in [6.45, 7) is 7.26. The average molecular weight is 382 g/mol. The fourth-order valence-electron chi connectivity index (χ4n) is 3.24. The maximum Gasteiger partial charge on any atom is 0.0840 e. The Labute approximate surface area is 162 Å². The lowest BCUT2D eigenvalue weighted by Crippen LogP contribution is -1.96. The molecule has 0 aliphatic carbocycles. The Hall–Kier alpha value is -2.17. The number of rotatable bonds is 4. The van der Waals surface area contributed by atoms with E-state index in [-0.39, 0.29) is 0 Å². The second-order valence-electron chi connectivity index (χ2n) is 6.33. The molecule has 4 aromatic rings. The van der Waals surface area contributed by atoms with Crippen LogP contribution in [-0.4, -0.2) is 14.3 Å². The first kappa shape index (κ1) is 17.3. The molecule has 132 valence electrons. The molecule has 0 fully saturated rings. The predicted molar refractivity (Wildman–Crippen MR) is 110 cm³/mol. The second-order valence-corrected chi connectivity index (χ2v) is 7.82. The maximum absolute atomic E-state index is 6.32. The highest BCUT2D eigenvalue weighted by Gasteiger charge is 2.18. The molecule has 0 atom stereocenters. The number of fused-ring (bicyclic) bond motifs is 1. The van der Waals surface area contributed by atoms with E-state index in [9.17, 15) is 0 Å². The van der Waals surface area contributed by atoms with Gasteiger partial charge in [-0.25, -0.2) is 0 Å². The van der Waals surface area contributed by atoms with Crippen LogP contribution in [0, 0.1) is 13.8 Å². The molecule has 0 aliphatic heterocycles. The number of hydrogen-bond donors (Lipinski definition) is 0. The summed E-state index contributed by atoms with van der Waals surface area (Å²) in [6, 6.07) is 14.6. The molecule has 2 aromatic carbocycles. The van der Waals surface area contributed by atoms with Crippen molar-refractivity contribution in [3.8, 4) is 5.69 Å². The minimum Gasteiger partial charge on any atom is -0.310 e. The summed E-state index contributed by atoms with van der Waals surface area (Å²) < 4.78 is 4.19. The molecule has 5 heteroatoms. The lowest BCUT2D eigenvalue weighted by atomic mass is 10.2. The van der Waals surface area contributed by atoms with Crippen LogP contribution in [0.25, 0.3) is 16.6 Å². The number of aromatic nitrogens is 3. The monoisotopic (exact) mass is 381 g/mol.